The first-order valence-electron chi connectivity index (χ1n) is 8.60. The Morgan fingerprint density at radius 2 is 1.54 bits per heavy atom. The van der Waals surface area contributed by atoms with Crippen LogP contribution in [0, 0.1) is 0 Å². The maximum absolute atomic E-state index is 12.9. The van der Waals surface area contributed by atoms with Crippen molar-refractivity contribution in [1.29, 1.82) is 0 Å². The molecule has 0 bridgehead atoms. The highest BCUT2D eigenvalue weighted by Gasteiger charge is 2.15. The SMILES string of the molecule is NS(=O)(=O)c1cccc(-c2nn(Cc3ccccc3)c(=O)c3ccccc23)c1. The standard InChI is InChI=1S/C21H17N3O3S/c22-28(26,27)17-10-6-9-16(13-17)20-18-11-4-5-12-19(18)21(25)24(23-20)14-15-7-2-1-3-8-15/h1-13H,14H2,(H2,22,26,27). The van der Waals surface area contributed by atoms with E-state index in [2.05, 4.69) is 5.10 Å². The maximum atomic E-state index is 12.9. The Bertz CT molecular complexity index is 1330. The zero-order chi connectivity index (χ0) is 19.7. The molecule has 0 fully saturated rings. The lowest BCUT2D eigenvalue weighted by atomic mass is 10.1. The number of rotatable bonds is 4. The number of benzene rings is 3. The van der Waals surface area contributed by atoms with Gasteiger partial charge in [0.15, 0.2) is 0 Å². The summed E-state index contributed by atoms with van der Waals surface area (Å²) in [6.45, 7) is 0.312. The monoisotopic (exact) mass is 391 g/mol. The molecule has 140 valence electrons. The Morgan fingerprint density at radius 1 is 0.857 bits per heavy atom. The minimum atomic E-state index is -3.85. The van der Waals surface area contributed by atoms with Crippen LogP contribution in [0.15, 0.2) is 88.6 Å². The number of aromatic nitrogens is 2. The molecule has 1 heterocycles. The third-order valence-corrected chi connectivity index (χ3v) is 5.39. The van der Waals surface area contributed by atoms with Crippen LogP contribution in [0.3, 0.4) is 0 Å². The van der Waals surface area contributed by atoms with Crippen LogP contribution in [-0.2, 0) is 16.6 Å². The van der Waals surface area contributed by atoms with Crippen molar-refractivity contribution < 1.29 is 8.42 Å². The lowest BCUT2D eigenvalue weighted by molar-refractivity contribution is 0.598. The number of hydrogen-bond donors (Lipinski definition) is 1. The van der Waals surface area contributed by atoms with Crippen molar-refractivity contribution in [3.8, 4) is 11.3 Å². The smallest absolute Gasteiger partial charge is 0.267 e. The molecule has 0 radical (unpaired) electrons. The van der Waals surface area contributed by atoms with Gasteiger partial charge in [0.1, 0.15) is 0 Å². The van der Waals surface area contributed by atoms with Gasteiger partial charge in [0.2, 0.25) is 10.0 Å². The molecule has 7 heteroatoms. The van der Waals surface area contributed by atoms with Crippen molar-refractivity contribution >= 4 is 20.8 Å². The van der Waals surface area contributed by atoms with Crippen molar-refractivity contribution in [3.63, 3.8) is 0 Å². The minimum Gasteiger partial charge on any atom is -0.267 e. The first kappa shape index (κ1) is 18.1. The van der Waals surface area contributed by atoms with Crippen molar-refractivity contribution in [2.45, 2.75) is 11.4 Å². The molecular weight excluding hydrogens is 374 g/mol. The summed E-state index contributed by atoms with van der Waals surface area (Å²) >= 11 is 0. The summed E-state index contributed by atoms with van der Waals surface area (Å²) in [5.74, 6) is 0. The lowest BCUT2D eigenvalue weighted by Gasteiger charge is -2.12. The molecule has 4 rings (SSSR count). The second-order valence-corrected chi connectivity index (χ2v) is 7.98. The third-order valence-electron chi connectivity index (χ3n) is 4.48. The fraction of sp³-hybridized carbons (Fsp3) is 0.0476. The topological polar surface area (TPSA) is 95.1 Å². The van der Waals surface area contributed by atoms with Crippen LogP contribution in [0.2, 0.25) is 0 Å². The van der Waals surface area contributed by atoms with Crippen LogP contribution in [0.1, 0.15) is 5.56 Å². The number of primary sulfonamides is 1. The van der Waals surface area contributed by atoms with Crippen LogP contribution >= 0.6 is 0 Å². The third kappa shape index (κ3) is 3.45. The Morgan fingerprint density at radius 3 is 2.25 bits per heavy atom. The van der Waals surface area contributed by atoms with E-state index in [9.17, 15) is 13.2 Å². The minimum absolute atomic E-state index is 0.00306. The van der Waals surface area contributed by atoms with Crippen LogP contribution in [0.25, 0.3) is 22.0 Å². The van der Waals surface area contributed by atoms with Gasteiger partial charge in [0, 0.05) is 10.9 Å². The number of hydrogen-bond acceptors (Lipinski definition) is 4. The van der Waals surface area contributed by atoms with Crippen molar-refractivity contribution in [3.05, 3.63) is 94.8 Å². The van der Waals surface area contributed by atoms with E-state index in [1.165, 1.54) is 16.8 Å². The predicted molar refractivity (Wildman–Crippen MR) is 108 cm³/mol. The second kappa shape index (κ2) is 7.03. The molecule has 0 spiro atoms. The van der Waals surface area contributed by atoms with Crippen molar-refractivity contribution in [2.75, 3.05) is 0 Å². The van der Waals surface area contributed by atoms with Gasteiger partial charge in [-0.15, -0.1) is 0 Å². The van der Waals surface area contributed by atoms with E-state index in [4.69, 9.17) is 5.14 Å². The summed E-state index contributed by atoms with van der Waals surface area (Å²) in [6.07, 6.45) is 0. The highest BCUT2D eigenvalue weighted by atomic mass is 32.2. The number of sulfonamides is 1. The summed E-state index contributed by atoms with van der Waals surface area (Å²) in [4.78, 5) is 12.9. The van der Waals surface area contributed by atoms with Crippen molar-refractivity contribution in [2.24, 2.45) is 5.14 Å². The molecule has 4 aromatic rings. The zero-order valence-corrected chi connectivity index (χ0v) is 15.6. The van der Waals surface area contributed by atoms with Crippen LogP contribution < -0.4 is 10.7 Å². The second-order valence-electron chi connectivity index (χ2n) is 6.42. The van der Waals surface area contributed by atoms with Gasteiger partial charge in [-0.1, -0.05) is 60.7 Å². The van der Waals surface area contributed by atoms with Crippen molar-refractivity contribution in [1.82, 2.24) is 9.78 Å². The summed E-state index contributed by atoms with van der Waals surface area (Å²) < 4.78 is 24.9. The Kier molecular flexibility index (Phi) is 4.54. The lowest BCUT2D eigenvalue weighted by Crippen LogP contribution is -2.24. The Balaban J connectivity index is 1.96. The Hall–Kier alpha value is -3.29. The molecule has 2 N–H and O–H groups in total. The normalized spacial score (nSPS) is 11.6. The van der Waals surface area contributed by atoms with Gasteiger partial charge in [0.25, 0.3) is 5.56 Å². The average molecular weight is 391 g/mol. The molecule has 3 aromatic carbocycles. The van der Waals surface area contributed by atoms with Gasteiger partial charge in [-0.3, -0.25) is 4.79 Å². The van der Waals surface area contributed by atoms with Crippen LogP contribution in [0.4, 0.5) is 0 Å². The van der Waals surface area contributed by atoms with E-state index in [-0.39, 0.29) is 10.5 Å². The van der Waals surface area contributed by atoms with E-state index in [0.29, 0.717) is 28.6 Å². The molecule has 0 atom stereocenters. The summed E-state index contributed by atoms with van der Waals surface area (Å²) in [6, 6.07) is 23.0. The summed E-state index contributed by atoms with van der Waals surface area (Å²) in [7, 11) is -3.85. The molecule has 0 amide bonds. The van der Waals surface area contributed by atoms with E-state index < -0.39 is 10.0 Å². The van der Waals surface area contributed by atoms with E-state index in [1.54, 1.807) is 30.3 Å². The largest absolute Gasteiger partial charge is 0.274 e. The first-order chi connectivity index (χ1) is 13.4. The quantitative estimate of drug-likeness (QED) is 0.579. The summed E-state index contributed by atoms with van der Waals surface area (Å²) in [5.41, 5.74) is 1.84. The van der Waals surface area contributed by atoms with Crippen LogP contribution in [-0.4, -0.2) is 18.2 Å². The highest BCUT2D eigenvalue weighted by molar-refractivity contribution is 7.89. The molecule has 28 heavy (non-hydrogen) atoms. The van der Waals surface area contributed by atoms with E-state index in [1.807, 2.05) is 36.4 Å². The molecule has 0 unspecified atom stereocenters. The Labute approximate surface area is 161 Å². The molecule has 6 nitrogen and oxygen atoms in total. The van der Waals surface area contributed by atoms with Gasteiger partial charge in [-0.25, -0.2) is 18.2 Å². The summed E-state index contributed by atoms with van der Waals surface area (Å²) in [5, 5.41) is 11.0. The molecule has 1 aromatic heterocycles. The van der Waals surface area contributed by atoms with Gasteiger partial charge in [-0.05, 0) is 23.8 Å². The number of fused-ring (bicyclic) bond motifs is 1. The number of nitrogens with zero attached hydrogens (tertiary/aromatic N) is 2. The average Bonchev–Trinajstić information content (AvgIpc) is 2.70. The number of nitrogens with two attached hydrogens (primary N) is 1. The molecular formula is C21H17N3O3S. The fourth-order valence-corrected chi connectivity index (χ4v) is 3.69. The van der Waals surface area contributed by atoms with Gasteiger partial charge in [-0.2, -0.15) is 5.10 Å². The predicted octanol–water partition coefficient (Wildman–Crippen LogP) is 2.76. The van der Waals surface area contributed by atoms with Crippen LogP contribution in [0.5, 0.6) is 0 Å². The maximum Gasteiger partial charge on any atom is 0.274 e. The fourth-order valence-electron chi connectivity index (χ4n) is 3.13. The molecule has 0 saturated heterocycles. The molecule has 0 aliphatic rings. The molecule has 0 saturated carbocycles. The zero-order valence-electron chi connectivity index (χ0n) is 14.8. The van der Waals surface area contributed by atoms with Gasteiger partial charge < -0.3 is 0 Å². The highest BCUT2D eigenvalue weighted by Crippen LogP contribution is 2.26. The van der Waals surface area contributed by atoms with Gasteiger partial charge in [0.05, 0.1) is 22.5 Å². The van der Waals surface area contributed by atoms with E-state index in [0.717, 1.165) is 5.56 Å². The molecule has 0 aliphatic carbocycles. The van der Waals surface area contributed by atoms with Gasteiger partial charge >= 0.3 is 0 Å². The van der Waals surface area contributed by atoms with E-state index >= 15 is 0 Å². The molecule has 0 aliphatic heterocycles. The first-order valence-corrected chi connectivity index (χ1v) is 10.1.